The zero-order valence-electron chi connectivity index (χ0n) is 20.3. The minimum atomic E-state index is -1.28. The van der Waals surface area contributed by atoms with E-state index in [4.69, 9.17) is 28.4 Å². The van der Waals surface area contributed by atoms with Crippen molar-refractivity contribution in [2.24, 2.45) is 11.8 Å². The maximum absolute atomic E-state index is 14.1. The van der Waals surface area contributed by atoms with Crippen LogP contribution in [0.3, 0.4) is 0 Å². The highest BCUT2D eigenvalue weighted by molar-refractivity contribution is 6.23. The number of nitrogens with zero attached hydrogens (tertiary/aromatic N) is 1. The summed E-state index contributed by atoms with van der Waals surface area (Å²) in [6.45, 7) is 0.105. The molecule has 37 heavy (non-hydrogen) atoms. The Labute approximate surface area is 212 Å². The molecule has 4 aliphatic heterocycles. The van der Waals surface area contributed by atoms with Crippen molar-refractivity contribution in [2.45, 2.75) is 11.7 Å². The van der Waals surface area contributed by atoms with E-state index in [-0.39, 0.29) is 18.6 Å². The van der Waals surface area contributed by atoms with Crippen molar-refractivity contribution >= 4 is 17.5 Å². The van der Waals surface area contributed by atoms with Crippen LogP contribution in [0.2, 0.25) is 0 Å². The first-order chi connectivity index (χ1) is 18.0. The fourth-order valence-corrected chi connectivity index (χ4v) is 6.30. The van der Waals surface area contributed by atoms with Crippen LogP contribution in [0, 0.1) is 11.8 Å². The van der Waals surface area contributed by atoms with Crippen LogP contribution < -0.4 is 28.6 Å². The SMILES string of the molecule is COc1cc(C23OC(c4cc5c(cc42)OCO5)C2C(=O)N(c4ccccc4)C(=O)C23)cc(OC)c1OC. The summed E-state index contributed by atoms with van der Waals surface area (Å²) < 4.78 is 34.8. The first-order valence-corrected chi connectivity index (χ1v) is 11.9. The number of imide groups is 1. The van der Waals surface area contributed by atoms with Gasteiger partial charge in [-0.15, -0.1) is 0 Å². The van der Waals surface area contributed by atoms with Crippen molar-refractivity contribution in [3.05, 3.63) is 71.3 Å². The molecule has 2 saturated heterocycles. The molecule has 9 heteroatoms. The highest BCUT2D eigenvalue weighted by Crippen LogP contribution is 2.68. The van der Waals surface area contributed by atoms with Crippen LogP contribution in [0.1, 0.15) is 22.8 Å². The Balaban J connectivity index is 1.49. The van der Waals surface area contributed by atoms with E-state index in [0.717, 1.165) is 11.1 Å². The number of benzene rings is 3. The molecule has 2 fully saturated rings. The van der Waals surface area contributed by atoms with Crippen LogP contribution in [0.4, 0.5) is 5.69 Å². The van der Waals surface area contributed by atoms with Crippen molar-refractivity contribution < 1.29 is 38.0 Å². The third kappa shape index (κ3) is 2.66. The molecule has 0 spiro atoms. The smallest absolute Gasteiger partial charge is 0.241 e. The van der Waals surface area contributed by atoms with E-state index in [1.807, 2.05) is 18.2 Å². The summed E-state index contributed by atoms with van der Waals surface area (Å²) in [4.78, 5) is 29.3. The highest BCUT2D eigenvalue weighted by atomic mass is 16.7. The van der Waals surface area contributed by atoms with E-state index in [1.165, 1.54) is 26.2 Å². The minimum Gasteiger partial charge on any atom is -0.493 e. The maximum Gasteiger partial charge on any atom is 0.241 e. The predicted octanol–water partition coefficient (Wildman–Crippen LogP) is 3.58. The first-order valence-electron chi connectivity index (χ1n) is 11.9. The van der Waals surface area contributed by atoms with E-state index in [9.17, 15) is 9.59 Å². The fraction of sp³-hybridized carbons (Fsp3) is 0.286. The lowest BCUT2D eigenvalue weighted by atomic mass is 9.66. The number of anilines is 1. The van der Waals surface area contributed by atoms with E-state index < -0.39 is 23.5 Å². The number of hydrogen-bond donors (Lipinski definition) is 0. The minimum absolute atomic E-state index is 0.105. The Morgan fingerprint density at radius 2 is 1.54 bits per heavy atom. The Kier molecular flexibility index (Phi) is 4.54. The summed E-state index contributed by atoms with van der Waals surface area (Å²) in [5, 5.41) is 0. The summed E-state index contributed by atoms with van der Waals surface area (Å²) in [5.74, 6) is 0.282. The lowest BCUT2D eigenvalue weighted by molar-refractivity contribution is -0.127. The summed E-state index contributed by atoms with van der Waals surface area (Å²) in [6, 6.07) is 16.3. The van der Waals surface area contributed by atoms with E-state index in [2.05, 4.69) is 0 Å². The summed E-state index contributed by atoms with van der Waals surface area (Å²) in [5.41, 5.74) is 1.43. The lowest BCUT2D eigenvalue weighted by Crippen LogP contribution is -2.41. The monoisotopic (exact) mass is 501 g/mol. The van der Waals surface area contributed by atoms with Gasteiger partial charge in [0.2, 0.25) is 24.4 Å². The molecule has 0 N–H and O–H groups in total. The Bertz CT molecular complexity index is 1450. The molecule has 0 aromatic heterocycles. The molecule has 188 valence electrons. The molecule has 4 aliphatic rings. The summed E-state index contributed by atoms with van der Waals surface area (Å²) in [7, 11) is 4.59. The highest BCUT2D eigenvalue weighted by Gasteiger charge is 2.72. The molecule has 3 aromatic rings. The third-order valence-electron chi connectivity index (χ3n) is 7.79. The zero-order chi connectivity index (χ0) is 25.5. The van der Waals surface area contributed by atoms with Gasteiger partial charge in [0.05, 0.1) is 45.0 Å². The van der Waals surface area contributed by atoms with Gasteiger partial charge < -0.3 is 28.4 Å². The number of hydrogen-bond acceptors (Lipinski definition) is 8. The van der Waals surface area contributed by atoms with Crippen molar-refractivity contribution in [2.75, 3.05) is 33.0 Å². The Hall–Kier alpha value is -4.24. The zero-order valence-corrected chi connectivity index (χ0v) is 20.3. The molecule has 4 atom stereocenters. The van der Waals surface area contributed by atoms with Crippen molar-refractivity contribution in [3.63, 3.8) is 0 Å². The average Bonchev–Trinajstić information content (AvgIpc) is 3.67. The Morgan fingerprint density at radius 3 is 2.19 bits per heavy atom. The van der Waals surface area contributed by atoms with Gasteiger partial charge in [0.15, 0.2) is 23.0 Å². The molecular formula is C28H23NO8. The van der Waals surface area contributed by atoms with Gasteiger partial charge in [-0.05, 0) is 53.1 Å². The number of carbonyl (C=O) groups excluding carboxylic acids is 2. The number of fused-ring (bicyclic) bond motifs is 9. The van der Waals surface area contributed by atoms with Crippen molar-refractivity contribution in [1.29, 1.82) is 0 Å². The molecule has 0 aliphatic carbocycles. The van der Waals surface area contributed by atoms with E-state index >= 15 is 0 Å². The molecule has 9 nitrogen and oxygen atoms in total. The normalized spacial score (nSPS) is 26.4. The Morgan fingerprint density at radius 1 is 0.865 bits per heavy atom. The number of para-hydroxylation sites is 1. The predicted molar refractivity (Wildman–Crippen MR) is 129 cm³/mol. The van der Waals surface area contributed by atoms with Gasteiger partial charge in [0, 0.05) is 0 Å². The molecule has 4 unspecified atom stereocenters. The van der Waals surface area contributed by atoms with E-state index in [1.54, 1.807) is 36.4 Å². The van der Waals surface area contributed by atoms with Gasteiger partial charge >= 0.3 is 0 Å². The van der Waals surface area contributed by atoms with Crippen LogP contribution in [0.5, 0.6) is 28.7 Å². The average molecular weight is 501 g/mol. The molecule has 0 radical (unpaired) electrons. The molecular weight excluding hydrogens is 478 g/mol. The molecule has 2 bridgehead atoms. The van der Waals surface area contributed by atoms with Gasteiger partial charge in [-0.2, -0.15) is 0 Å². The van der Waals surface area contributed by atoms with Crippen LogP contribution in [0.15, 0.2) is 54.6 Å². The number of methoxy groups -OCH3 is 3. The van der Waals surface area contributed by atoms with E-state index in [0.29, 0.717) is 40.0 Å². The second-order valence-electron chi connectivity index (χ2n) is 9.33. The van der Waals surface area contributed by atoms with Gasteiger partial charge in [-0.1, -0.05) is 18.2 Å². The second kappa shape index (κ2) is 7.63. The largest absolute Gasteiger partial charge is 0.493 e. The topological polar surface area (TPSA) is 92.8 Å². The molecule has 4 heterocycles. The van der Waals surface area contributed by atoms with Gasteiger partial charge in [-0.3, -0.25) is 9.59 Å². The fourth-order valence-electron chi connectivity index (χ4n) is 6.30. The summed E-state index contributed by atoms with van der Waals surface area (Å²) >= 11 is 0. The standard InChI is InChI=1S/C28H23NO8/c1-32-20-9-14(10-21(33-2)25(20)34-3)28-17-12-19-18(35-13-36-19)11-16(17)24(37-28)22-23(28)27(31)29(26(22)30)15-7-5-4-6-8-15/h4-12,22-24H,13H2,1-3H3. The van der Waals surface area contributed by atoms with Gasteiger partial charge in [0.25, 0.3) is 0 Å². The quantitative estimate of drug-likeness (QED) is 0.490. The van der Waals surface area contributed by atoms with Gasteiger partial charge in [0.1, 0.15) is 5.60 Å². The summed E-state index contributed by atoms with van der Waals surface area (Å²) in [6.07, 6.45) is -0.640. The number of carbonyl (C=O) groups is 2. The van der Waals surface area contributed by atoms with Crippen molar-refractivity contribution in [3.8, 4) is 28.7 Å². The van der Waals surface area contributed by atoms with Crippen LogP contribution >= 0.6 is 0 Å². The third-order valence-corrected chi connectivity index (χ3v) is 7.79. The molecule has 3 aromatic carbocycles. The molecule has 7 rings (SSSR count). The first kappa shape index (κ1) is 22.0. The van der Waals surface area contributed by atoms with Crippen molar-refractivity contribution in [1.82, 2.24) is 0 Å². The lowest BCUT2D eigenvalue weighted by Gasteiger charge is -2.34. The van der Waals surface area contributed by atoms with Crippen LogP contribution in [-0.4, -0.2) is 39.9 Å². The number of ether oxygens (including phenoxy) is 6. The number of rotatable bonds is 5. The van der Waals surface area contributed by atoms with Crippen LogP contribution in [0.25, 0.3) is 0 Å². The van der Waals surface area contributed by atoms with Gasteiger partial charge in [-0.25, -0.2) is 4.90 Å². The van der Waals surface area contributed by atoms with Crippen LogP contribution in [-0.2, 0) is 19.9 Å². The molecule has 0 saturated carbocycles. The molecule has 2 amide bonds. The maximum atomic E-state index is 14.1. The second-order valence-corrected chi connectivity index (χ2v) is 9.33. The number of amides is 2.